The van der Waals surface area contributed by atoms with E-state index in [-0.39, 0.29) is 0 Å². The van der Waals surface area contributed by atoms with Crippen molar-refractivity contribution in [3.05, 3.63) is 42.6 Å². The van der Waals surface area contributed by atoms with Gasteiger partial charge in [-0.2, -0.15) is 0 Å². The van der Waals surface area contributed by atoms with Gasteiger partial charge in [0.05, 0.1) is 11.9 Å². The van der Waals surface area contributed by atoms with Crippen LogP contribution in [0.2, 0.25) is 0 Å². The Morgan fingerprint density at radius 2 is 1.60 bits per heavy atom. The van der Waals surface area contributed by atoms with Gasteiger partial charge in [0.25, 0.3) is 0 Å². The van der Waals surface area contributed by atoms with E-state index in [9.17, 15) is 0 Å². The first-order valence-corrected chi connectivity index (χ1v) is 6.79. The SMILES string of the molecule is Nc1ccc(N2CCN(c3cccc(N)c3)CC2)nc1. The molecule has 0 atom stereocenters. The number of nitrogens with zero attached hydrogens (tertiary/aromatic N) is 3. The topological polar surface area (TPSA) is 71.4 Å². The van der Waals surface area contributed by atoms with E-state index < -0.39 is 0 Å². The molecule has 1 aromatic carbocycles. The number of aromatic nitrogens is 1. The van der Waals surface area contributed by atoms with E-state index in [1.165, 1.54) is 5.69 Å². The third-order valence-electron chi connectivity index (χ3n) is 3.61. The molecule has 5 heteroatoms. The molecule has 2 aromatic rings. The van der Waals surface area contributed by atoms with Crippen molar-refractivity contribution >= 4 is 22.9 Å². The Hall–Kier alpha value is -2.43. The lowest BCUT2D eigenvalue weighted by atomic mass is 10.2. The molecule has 1 saturated heterocycles. The summed E-state index contributed by atoms with van der Waals surface area (Å²) in [6.45, 7) is 3.84. The summed E-state index contributed by atoms with van der Waals surface area (Å²) in [5.74, 6) is 0.992. The third-order valence-corrected chi connectivity index (χ3v) is 3.61. The zero-order valence-electron chi connectivity index (χ0n) is 11.4. The molecule has 20 heavy (non-hydrogen) atoms. The van der Waals surface area contributed by atoms with Crippen molar-refractivity contribution in [2.24, 2.45) is 0 Å². The predicted molar refractivity (Wildman–Crippen MR) is 83.9 cm³/mol. The molecule has 0 radical (unpaired) electrons. The zero-order chi connectivity index (χ0) is 13.9. The number of nitrogens with two attached hydrogens (primary N) is 2. The Morgan fingerprint density at radius 3 is 2.25 bits per heavy atom. The lowest BCUT2D eigenvalue weighted by Crippen LogP contribution is -2.46. The molecule has 5 nitrogen and oxygen atoms in total. The van der Waals surface area contributed by atoms with Crippen molar-refractivity contribution in [3.8, 4) is 0 Å². The number of hydrogen-bond acceptors (Lipinski definition) is 5. The maximum atomic E-state index is 5.84. The van der Waals surface area contributed by atoms with Crippen LogP contribution in [0.3, 0.4) is 0 Å². The molecule has 0 unspecified atom stereocenters. The van der Waals surface area contributed by atoms with E-state index in [1.807, 2.05) is 30.3 Å². The summed E-state index contributed by atoms with van der Waals surface area (Å²) in [6, 6.07) is 11.9. The molecule has 0 spiro atoms. The van der Waals surface area contributed by atoms with Crippen LogP contribution < -0.4 is 21.3 Å². The first kappa shape index (κ1) is 12.6. The summed E-state index contributed by atoms with van der Waals surface area (Å²) in [5, 5.41) is 0. The predicted octanol–water partition coefficient (Wildman–Crippen LogP) is 1.57. The fourth-order valence-corrected chi connectivity index (χ4v) is 2.50. The number of rotatable bonds is 2. The molecule has 2 heterocycles. The molecular weight excluding hydrogens is 250 g/mol. The highest BCUT2D eigenvalue weighted by Gasteiger charge is 2.18. The van der Waals surface area contributed by atoms with Crippen LogP contribution in [-0.4, -0.2) is 31.2 Å². The van der Waals surface area contributed by atoms with Gasteiger partial charge >= 0.3 is 0 Å². The lowest BCUT2D eigenvalue weighted by Gasteiger charge is -2.36. The number of hydrogen-bond donors (Lipinski definition) is 2. The molecule has 1 aliphatic heterocycles. The van der Waals surface area contributed by atoms with Gasteiger partial charge in [-0.15, -0.1) is 0 Å². The van der Waals surface area contributed by atoms with E-state index in [0.29, 0.717) is 5.69 Å². The minimum absolute atomic E-state index is 0.701. The monoisotopic (exact) mass is 269 g/mol. The normalized spacial score (nSPS) is 15.4. The molecular formula is C15H19N5. The van der Waals surface area contributed by atoms with Crippen LogP contribution in [0.25, 0.3) is 0 Å². The molecule has 0 aliphatic carbocycles. The van der Waals surface area contributed by atoms with Crippen LogP contribution in [0.15, 0.2) is 42.6 Å². The lowest BCUT2D eigenvalue weighted by molar-refractivity contribution is 0.647. The summed E-state index contributed by atoms with van der Waals surface area (Å²) in [6.07, 6.45) is 1.71. The van der Waals surface area contributed by atoms with Crippen molar-refractivity contribution in [2.75, 3.05) is 47.4 Å². The number of benzene rings is 1. The minimum Gasteiger partial charge on any atom is -0.399 e. The highest BCUT2D eigenvalue weighted by atomic mass is 15.3. The maximum Gasteiger partial charge on any atom is 0.128 e. The molecule has 1 fully saturated rings. The number of pyridine rings is 1. The highest BCUT2D eigenvalue weighted by Crippen LogP contribution is 2.21. The van der Waals surface area contributed by atoms with Crippen molar-refractivity contribution in [1.82, 2.24) is 4.98 Å². The van der Waals surface area contributed by atoms with E-state index in [4.69, 9.17) is 11.5 Å². The van der Waals surface area contributed by atoms with Crippen molar-refractivity contribution in [3.63, 3.8) is 0 Å². The van der Waals surface area contributed by atoms with E-state index in [1.54, 1.807) is 6.20 Å². The van der Waals surface area contributed by atoms with Gasteiger partial charge in [0.1, 0.15) is 5.82 Å². The second kappa shape index (κ2) is 5.28. The van der Waals surface area contributed by atoms with Crippen molar-refractivity contribution < 1.29 is 0 Å². The zero-order valence-corrected chi connectivity index (χ0v) is 11.4. The highest BCUT2D eigenvalue weighted by molar-refractivity contribution is 5.57. The second-order valence-corrected chi connectivity index (χ2v) is 5.02. The molecule has 3 rings (SSSR count). The Bertz CT molecular complexity index is 573. The Kier molecular flexibility index (Phi) is 3.33. The molecule has 0 amide bonds. The average Bonchev–Trinajstić information content (AvgIpc) is 2.48. The number of nitrogen functional groups attached to an aromatic ring is 2. The maximum absolute atomic E-state index is 5.84. The van der Waals surface area contributed by atoms with Crippen LogP contribution in [0.1, 0.15) is 0 Å². The van der Waals surface area contributed by atoms with Gasteiger partial charge in [0.2, 0.25) is 0 Å². The van der Waals surface area contributed by atoms with Crippen LogP contribution >= 0.6 is 0 Å². The number of anilines is 4. The van der Waals surface area contributed by atoms with Crippen LogP contribution in [0.5, 0.6) is 0 Å². The minimum atomic E-state index is 0.701. The van der Waals surface area contributed by atoms with Gasteiger partial charge in [-0.3, -0.25) is 0 Å². The summed E-state index contributed by atoms with van der Waals surface area (Å²) in [5.41, 5.74) is 14.2. The summed E-state index contributed by atoms with van der Waals surface area (Å²) >= 11 is 0. The summed E-state index contributed by atoms with van der Waals surface area (Å²) < 4.78 is 0. The molecule has 1 aliphatic rings. The van der Waals surface area contributed by atoms with Crippen LogP contribution in [0.4, 0.5) is 22.9 Å². The van der Waals surface area contributed by atoms with Gasteiger partial charge in [-0.1, -0.05) is 6.07 Å². The van der Waals surface area contributed by atoms with Gasteiger partial charge in [0, 0.05) is 37.6 Å². The van der Waals surface area contributed by atoms with E-state index >= 15 is 0 Å². The molecule has 0 bridgehead atoms. The molecule has 0 saturated carbocycles. The van der Waals surface area contributed by atoms with Gasteiger partial charge in [-0.05, 0) is 30.3 Å². The Morgan fingerprint density at radius 1 is 0.850 bits per heavy atom. The second-order valence-electron chi connectivity index (χ2n) is 5.02. The standard InChI is InChI=1S/C15H19N5/c16-12-2-1-3-14(10-12)19-6-8-20(9-7-19)15-5-4-13(17)11-18-15/h1-5,10-11H,6-9,16-17H2. The quantitative estimate of drug-likeness (QED) is 0.810. The van der Waals surface area contributed by atoms with Gasteiger partial charge in [-0.25, -0.2) is 4.98 Å². The molecule has 1 aromatic heterocycles. The summed E-state index contributed by atoms with van der Waals surface area (Å²) in [4.78, 5) is 9.01. The molecule has 104 valence electrons. The van der Waals surface area contributed by atoms with Gasteiger partial charge in [0.15, 0.2) is 0 Å². The smallest absolute Gasteiger partial charge is 0.128 e. The summed E-state index contributed by atoms with van der Waals surface area (Å²) in [7, 11) is 0. The average molecular weight is 269 g/mol. The van der Waals surface area contributed by atoms with Crippen molar-refractivity contribution in [2.45, 2.75) is 0 Å². The fraction of sp³-hybridized carbons (Fsp3) is 0.267. The first-order chi connectivity index (χ1) is 9.72. The van der Waals surface area contributed by atoms with Crippen molar-refractivity contribution in [1.29, 1.82) is 0 Å². The van der Waals surface area contributed by atoms with Crippen LogP contribution in [0, 0.1) is 0 Å². The largest absolute Gasteiger partial charge is 0.399 e. The van der Waals surface area contributed by atoms with Crippen LogP contribution in [-0.2, 0) is 0 Å². The van der Waals surface area contributed by atoms with Gasteiger partial charge < -0.3 is 21.3 Å². The fourth-order valence-electron chi connectivity index (χ4n) is 2.50. The molecule has 4 N–H and O–H groups in total. The first-order valence-electron chi connectivity index (χ1n) is 6.79. The Balaban J connectivity index is 1.66. The Labute approximate surface area is 118 Å². The van der Waals surface area contributed by atoms with E-state index in [0.717, 1.165) is 37.7 Å². The van der Waals surface area contributed by atoms with E-state index in [2.05, 4.69) is 20.9 Å². The number of piperazine rings is 1. The third kappa shape index (κ3) is 2.61.